The number of aliphatic hydroxyl groups is 1. The predicted octanol–water partition coefficient (Wildman–Crippen LogP) is 2.29. The van der Waals surface area contributed by atoms with E-state index in [1.165, 1.54) is 6.07 Å². The van der Waals surface area contributed by atoms with E-state index in [4.69, 9.17) is 17.3 Å². The van der Waals surface area contributed by atoms with Gasteiger partial charge >= 0.3 is 0 Å². The summed E-state index contributed by atoms with van der Waals surface area (Å²) in [6.07, 6.45) is 1.44. The van der Waals surface area contributed by atoms with Crippen LogP contribution >= 0.6 is 11.6 Å². The SMILES string of the molecule is NCC(c1cccc(Cl)c1F)C(O)C1CC1. The van der Waals surface area contributed by atoms with Gasteiger partial charge in [-0.05, 0) is 30.4 Å². The van der Waals surface area contributed by atoms with Gasteiger partial charge in [-0.2, -0.15) is 0 Å². The molecule has 1 aromatic rings. The minimum Gasteiger partial charge on any atom is -0.392 e. The Morgan fingerprint density at radius 2 is 2.19 bits per heavy atom. The van der Waals surface area contributed by atoms with Gasteiger partial charge in [0.1, 0.15) is 5.82 Å². The fourth-order valence-electron chi connectivity index (χ4n) is 2.02. The Morgan fingerprint density at radius 1 is 1.50 bits per heavy atom. The second kappa shape index (κ2) is 4.70. The van der Waals surface area contributed by atoms with E-state index in [9.17, 15) is 9.50 Å². The highest BCUT2D eigenvalue weighted by molar-refractivity contribution is 6.30. The van der Waals surface area contributed by atoms with Crippen LogP contribution in [0.2, 0.25) is 5.02 Å². The first-order chi connectivity index (χ1) is 7.65. The monoisotopic (exact) mass is 243 g/mol. The number of hydrogen-bond acceptors (Lipinski definition) is 2. The molecular weight excluding hydrogens is 229 g/mol. The number of hydrogen-bond donors (Lipinski definition) is 2. The largest absolute Gasteiger partial charge is 0.392 e. The van der Waals surface area contributed by atoms with Crippen molar-refractivity contribution in [3.05, 3.63) is 34.6 Å². The van der Waals surface area contributed by atoms with Gasteiger partial charge in [0.05, 0.1) is 11.1 Å². The number of aliphatic hydroxyl groups excluding tert-OH is 1. The van der Waals surface area contributed by atoms with Crippen molar-refractivity contribution in [3.63, 3.8) is 0 Å². The predicted molar refractivity (Wildman–Crippen MR) is 61.9 cm³/mol. The van der Waals surface area contributed by atoms with Crippen molar-refractivity contribution >= 4 is 11.6 Å². The summed E-state index contributed by atoms with van der Waals surface area (Å²) in [7, 11) is 0. The Bertz CT molecular complexity index is 381. The Hall–Kier alpha value is -0.640. The highest BCUT2D eigenvalue weighted by atomic mass is 35.5. The summed E-state index contributed by atoms with van der Waals surface area (Å²) in [4.78, 5) is 0. The van der Waals surface area contributed by atoms with Gasteiger partial charge in [-0.25, -0.2) is 4.39 Å². The van der Waals surface area contributed by atoms with E-state index < -0.39 is 11.9 Å². The van der Waals surface area contributed by atoms with E-state index in [1.807, 2.05) is 0 Å². The molecule has 0 aromatic heterocycles. The van der Waals surface area contributed by atoms with Crippen LogP contribution in [0.3, 0.4) is 0 Å². The number of nitrogens with two attached hydrogens (primary N) is 1. The summed E-state index contributed by atoms with van der Waals surface area (Å²) < 4.78 is 13.8. The summed E-state index contributed by atoms with van der Waals surface area (Å²) in [5.74, 6) is -0.544. The summed E-state index contributed by atoms with van der Waals surface area (Å²) in [6.45, 7) is 0.231. The smallest absolute Gasteiger partial charge is 0.145 e. The van der Waals surface area contributed by atoms with Crippen molar-refractivity contribution in [3.8, 4) is 0 Å². The van der Waals surface area contributed by atoms with Crippen LogP contribution in [-0.4, -0.2) is 17.8 Å². The Labute approximate surface area is 99.2 Å². The van der Waals surface area contributed by atoms with Crippen molar-refractivity contribution in [1.82, 2.24) is 0 Å². The molecule has 0 saturated heterocycles. The topological polar surface area (TPSA) is 46.2 Å². The highest BCUT2D eigenvalue weighted by Gasteiger charge is 2.36. The van der Waals surface area contributed by atoms with Gasteiger partial charge in [0.25, 0.3) is 0 Å². The molecule has 1 aliphatic rings. The molecule has 1 aliphatic carbocycles. The van der Waals surface area contributed by atoms with E-state index in [2.05, 4.69) is 0 Å². The molecule has 0 heterocycles. The summed E-state index contributed by atoms with van der Waals surface area (Å²) in [6, 6.07) is 4.82. The molecule has 1 aromatic carbocycles. The van der Waals surface area contributed by atoms with Gasteiger partial charge < -0.3 is 10.8 Å². The van der Waals surface area contributed by atoms with E-state index in [-0.39, 0.29) is 23.4 Å². The van der Waals surface area contributed by atoms with Crippen LogP contribution < -0.4 is 5.73 Å². The molecule has 88 valence electrons. The number of benzene rings is 1. The molecule has 1 saturated carbocycles. The lowest BCUT2D eigenvalue weighted by molar-refractivity contribution is 0.121. The zero-order valence-electron chi connectivity index (χ0n) is 8.87. The van der Waals surface area contributed by atoms with Gasteiger partial charge in [0.2, 0.25) is 0 Å². The van der Waals surface area contributed by atoms with E-state index in [1.54, 1.807) is 12.1 Å². The van der Waals surface area contributed by atoms with Gasteiger partial charge in [0.15, 0.2) is 0 Å². The molecule has 4 heteroatoms. The van der Waals surface area contributed by atoms with Crippen molar-refractivity contribution < 1.29 is 9.50 Å². The Kier molecular flexibility index (Phi) is 3.47. The zero-order valence-corrected chi connectivity index (χ0v) is 9.62. The normalized spacial score (nSPS) is 19.5. The lowest BCUT2D eigenvalue weighted by Gasteiger charge is -2.22. The zero-order chi connectivity index (χ0) is 11.7. The van der Waals surface area contributed by atoms with Crippen molar-refractivity contribution in [2.24, 2.45) is 11.7 Å². The van der Waals surface area contributed by atoms with Crippen molar-refractivity contribution in [2.45, 2.75) is 24.9 Å². The van der Waals surface area contributed by atoms with Gasteiger partial charge in [-0.1, -0.05) is 23.7 Å². The molecule has 1 fully saturated rings. The lowest BCUT2D eigenvalue weighted by Crippen LogP contribution is -2.28. The lowest BCUT2D eigenvalue weighted by atomic mass is 9.90. The molecule has 0 radical (unpaired) electrons. The minimum atomic E-state index is -0.557. The second-order valence-corrected chi connectivity index (χ2v) is 4.72. The van der Waals surface area contributed by atoms with Crippen LogP contribution in [0.25, 0.3) is 0 Å². The third kappa shape index (κ3) is 2.21. The molecule has 0 aliphatic heterocycles. The minimum absolute atomic E-state index is 0.0824. The molecule has 2 atom stereocenters. The van der Waals surface area contributed by atoms with E-state index in [0.717, 1.165) is 12.8 Å². The van der Waals surface area contributed by atoms with Crippen LogP contribution in [0.1, 0.15) is 24.3 Å². The highest BCUT2D eigenvalue weighted by Crippen LogP contribution is 2.39. The van der Waals surface area contributed by atoms with Crippen molar-refractivity contribution in [1.29, 1.82) is 0 Å². The van der Waals surface area contributed by atoms with Gasteiger partial charge in [0, 0.05) is 12.5 Å². The standard InChI is InChI=1S/C12H15ClFNO/c13-10-3-1-2-8(11(10)14)9(6-15)12(16)7-4-5-7/h1-3,7,9,12,16H,4-6,15H2. The molecule has 2 rings (SSSR count). The van der Waals surface area contributed by atoms with Crippen LogP contribution in [0.15, 0.2) is 18.2 Å². The first kappa shape index (κ1) is 11.8. The molecule has 0 spiro atoms. The molecule has 0 amide bonds. The van der Waals surface area contributed by atoms with Crippen molar-refractivity contribution in [2.75, 3.05) is 6.54 Å². The number of halogens is 2. The fraction of sp³-hybridized carbons (Fsp3) is 0.500. The molecule has 2 unspecified atom stereocenters. The summed E-state index contributed by atoms with van der Waals surface area (Å²) in [5.41, 5.74) is 6.05. The second-order valence-electron chi connectivity index (χ2n) is 4.31. The van der Waals surface area contributed by atoms with Crippen LogP contribution in [-0.2, 0) is 0 Å². The van der Waals surface area contributed by atoms with Crippen LogP contribution in [0, 0.1) is 11.7 Å². The maximum absolute atomic E-state index is 13.8. The quantitative estimate of drug-likeness (QED) is 0.852. The van der Waals surface area contributed by atoms with Crippen LogP contribution in [0.5, 0.6) is 0 Å². The first-order valence-corrected chi connectivity index (χ1v) is 5.85. The molecule has 3 N–H and O–H groups in total. The van der Waals surface area contributed by atoms with Gasteiger partial charge in [-0.3, -0.25) is 0 Å². The maximum atomic E-state index is 13.8. The average Bonchev–Trinajstić information content (AvgIpc) is 3.08. The summed E-state index contributed by atoms with van der Waals surface area (Å²) in [5, 5.41) is 10.1. The van der Waals surface area contributed by atoms with E-state index in [0.29, 0.717) is 5.56 Å². The molecule has 16 heavy (non-hydrogen) atoms. The number of rotatable bonds is 4. The maximum Gasteiger partial charge on any atom is 0.145 e. The third-order valence-corrected chi connectivity index (χ3v) is 3.44. The van der Waals surface area contributed by atoms with Gasteiger partial charge in [-0.15, -0.1) is 0 Å². The Morgan fingerprint density at radius 3 is 2.75 bits per heavy atom. The van der Waals surface area contributed by atoms with Crippen LogP contribution in [0.4, 0.5) is 4.39 Å². The average molecular weight is 244 g/mol. The molecule has 2 nitrogen and oxygen atoms in total. The third-order valence-electron chi connectivity index (χ3n) is 3.15. The fourth-order valence-corrected chi connectivity index (χ4v) is 2.21. The Balaban J connectivity index is 2.28. The summed E-state index contributed by atoms with van der Waals surface area (Å²) >= 11 is 5.72. The van der Waals surface area contributed by atoms with E-state index >= 15 is 0 Å². The molecule has 0 bridgehead atoms. The first-order valence-electron chi connectivity index (χ1n) is 5.47. The molecular formula is C12H15ClFNO.